The smallest absolute Gasteiger partial charge is 0.222 e. The van der Waals surface area contributed by atoms with E-state index in [9.17, 15) is 0 Å². The fourth-order valence-electron chi connectivity index (χ4n) is 3.54. The number of nitrogens with two attached hydrogens (primary N) is 1. The molecule has 2 saturated heterocycles. The highest BCUT2D eigenvalue weighted by molar-refractivity contribution is 5.62. The third-order valence-corrected chi connectivity index (χ3v) is 4.71. The van der Waals surface area contributed by atoms with Crippen LogP contribution in [0.15, 0.2) is 12.1 Å². The molecule has 24 heavy (non-hydrogen) atoms. The molecule has 0 spiro atoms. The van der Waals surface area contributed by atoms with Crippen molar-refractivity contribution >= 4 is 11.8 Å². The van der Waals surface area contributed by atoms with E-state index < -0.39 is 0 Å². The van der Waals surface area contributed by atoms with Crippen molar-refractivity contribution < 1.29 is 4.74 Å². The molecule has 1 atom stereocenters. The van der Waals surface area contributed by atoms with Crippen LogP contribution in [0, 0.1) is 6.92 Å². The van der Waals surface area contributed by atoms with Crippen molar-refractivity contribution in [2.75, 3.05) is 30.3 Å². The molecule has 1 unspecified atom stereocenters. The zero-order valence-electron chi connectivity index (χ0n) is 14.1. The average molecular weight is 328 g/mol. The van der Waals surface area contributed by atoms with Crippen molar-refractivity contribution in [1.29, 1.82) is 0 Å². The average Bonchev–Trinajstić information content (AvgIpc) is 3.24. The minimum atomic E-state index is -0.0196. The van der Waals surface area contributed by atoms with Gasteiger partial charge in [0.2, 0.25) is 5.95 Å². The molecule has 7 nitrogen and oxygen atoms in total. The molecule has 2 aromatic heterocycles. The number of aromatic nitrogens is 4. The first kappa shape index (κ1) is 15.4. The van der Waals surface area contributed by atoms with Gasteiger partial charge in [-0.25, -0.2) is 9.67 Å². The van der Waals surface area contributed by atoms with Gasteiger partial charge in [0.05, 0.1) is 17.1 Å². The third kappa shape index (κ3) is 2.96. The van der Waals surface area contributed by atoms with Crippen LogP contribution in [0.5, 0.6) is 0 Å². The Kier molecular flexibility index (Phi) is 4.10. The number of nitrogen functional groups attached to an aromatic ring is 1. The highest BCUT2D eigenvalue weighted by Gasteiger charge is 2.23. The number of ether oxygens (including phenoxy) is 1. The van der Waals surface area contributed by atoms with E-state index >= 15 is 0 Å². The van der Waals surface area contributed by atoms with Crippen molar-refractivity contribution in [3.05, 3.63) is 17.8 Å². The molecule has 2 aromatic rings. The van der Waals surface area contributed by atoms with E-state index in [0.29, 0.717) is 5.95 Å². The Morgan fingerprint density at radius 2 is 1.96 bits per heavy atom. The zero-order valence-corrected chi connectivity index (χ0v) is 14.1. The predicted molar refractivity (Wildman–Crippen MR) is 92.7 cm³/mol. The minimum Gasteiger partial charge on any atom is -0.368 e. The molecule has 2 aliphatic heterocycles. The third-order valence-electron chi connectivity index (χ3n) is 4.71. The zero-order chi connectivity index (χ0) is 16.5. The molecule has 128 valence electrons. The minimum absolute atomic E-state index is 0.0196. The van der Waals surface area contributed by atoms with Crippen molar-refractivity contribution in [3.8, 4) is 11.4 Å². The quantitative estimate of drug-likeness (QED) is 0.932. The number of rotatable bonds is 3. The molecular formula is C17H24N6O. The van der Waals surface area contributed by atoms with Crippen molar-refractivity contribution in [2.24, 2.45) is 0 Å². The molecule has 0 saturated carbocycles. The Balaban J connectivity index is 1.73. The lowest BCUT2D eigenvalue weighted by molar-refractivity contribution is -0.0385. The number of hydrogen-bond acceptors (Lipinski definition) is 6. The van der Waals surface area contributed by atoms with Gasteiger partial charge in [-0.2, -0.15) is 10.1 Å². The Bertz CT molecular complexity index is 716. The summed E-state index contributed by atoms with van der Waals surface area (Å²) in [5, 5.41) is 4.64. The van der Waals surface area contributed by atoms with Gasteiger partial charge in [0.1, 0.15) is 5.82 Å². The molecule has 0 aliphatic carbocycles. The van der Waals surface area contributed by atoms with E-state index in [0.717, 1.165) is 61.9 Å². The summed E-state index contributed by atoms with van der Waals surface area (Å²) in [4.78, 5) is 11.2. The first-order chi connectivity index (χ1) is 11.7. The van der Waals surface area contributed by atoms with Gasteiger partial charge in [0.25, 0.3) is 0 Å². The van der Waals surface area contributed by atoms with E-state index in [4.69, 9.17) is 10.5 Å². The van der Waals surface area contributed by atoms with E-state index in [1.54, 1.807) is 0 Å². The van der Waals surface area contributed by atoms with Crippen LogP contribution in [0.25, 0.3) is 11.4 Å². The highest BCUT2D eigenvalue weighted by Crippen LogP contribution is 2.30. The molecule has 7 heteroatoms. The van der Waals surface area contributed by atoms with Gasteiger partial charge >= 0.3 is 0 Å². The lowest BCUT2D eigenvalue weighted by Gasteiger charge is -2.24. The molecule has 2 aliphatic rings. The number of anilines is 2. The molecular weight excluding hydrogens is 304 g/mol. The van der Waals surface area contributed by atoms with Crippen LogP contribution in [-0.2, 0) is 4.74 Å². The van der Waals surface area contributed by atoms with Crippen LogP contribution in [-0.4, -0.2) is 39.4 Å². The van der Waals surface area contributed by atoms with Crippen molar-refractivity contribution in [1.82, 2.24) is 19.7 Å². The predicted octanol–water partition coefficient (Wildman–Crippen LogP) is 2.53. The standard InChI is InChI=1S/C17H24N6O/c1-12-10-14(23(21-12)16-6-2-5-9-24-16)13-11-15(20-17(18)19-13)22-7-3-4-8-22/h10-11,16H,2-9H2,1H3,(H2,18,19,20). The molecule has 0 aromatic carbocycles. The molecule has 4 heterocycles. The Morgan fingerprint density at radius 1 is 1.12 bits per heavy atom. The maximum Gasteiger partial charge on any atom is 0.222 e. The largest absolute Gasteiger partial charge is 0.368 e. The second kappa shape index (κ2) is 6.39. The summed E-state index contributed by atoms with van der Waals surface area (Å²) < 4.78 is 7.88. The van der Waals surface area contributed by atoms with Crippen LogP contribution in [0.4, 0.5) is 11.8 Å². The number of nitrogens with zero attached hydrogens (tertiary/aromatic N) is 5. The molecule has 0 amide bonds. The first-order valence-electron chi connectivity index (χ1n) is 8.78. The lowest BCUT2D eigenvalue weighted by Crippen LogP contribution is -2.21. The normalized spacial score (nSPS) is 21.4. The van der Waals surface area contributed by atoms with Gasteiger partial charge in [-0.3, -0.25) is 0 Å². The van der Waals surface area contributed by atoms with E-state index in [-0.39, 0.29) is 6.23 Å². The maximum atomic E-state index is 5.99. The van der Waals surface area contributed by atoms with Crippen LogP contribution < -0.4 is 10.6 Å². The van der Waals surface area contributed by atoms with E-state index in [1.807, 2.05) is 23.7 Å². The maximum absolute atomic E-state index is 5.99. The fourth-order valence-corrected chi connectivity index (χ4v) is 3.54. The summed E-state index contributed by atoms with van der Waals surface area (Å²) in [7, 11) is 0. The SMILES string of the molecule is Cc1cc(-c2cc(N3CCCC3)nc(N)n2)n(C2CCCCO2)n1. The van der Waals surface area contributed by atoms with Crippen LogP contribution in [0.3, 0.4) is 0 Å². The topological polar surface area (TPSA) is 82.1 Å². The van der Waals surface area contributed by atoms with Crippen molar-refractivity contribution in [2.45, 2.75) is 45.3 Å². The van der Waals surface area contributed by atoms with Gasteiger partial charge in [-0.1, -0.05) is 0 Å². The summed E-state index contributed by atoms with van der Waals surface area (Å²) in [6, 6.07) is 4.07. The lowest BCUT2D eigenvalue weighted by atomic mass is 10.2. The van der Waals surface area contributed by atoms with Crippen LogP contribution in [0.2, 0.25) is 0 Å². The second-order valence-corrected chi connectivity index (χ2v) is 6.60. The highest BCUT2D eigenvalue weighted by atomic mass is 16.5. The van der Waals surface area contributed by atoms with Gasteiger partial charge in [-0.15, -0.1) is 0 Å². The van der Waals surface area contributed by atoms with Crippen LogP contribution >= 0.6 is 0 Å². The Hall–Kier alpha value is -2.15. The van der Waals surface area contributed by atoms with E-state index in [1.165, 1.54) is 12.8 Å². The summed E-state index contributed by atoms with van der Waals surface area (Å²) >= 11 is 0. The summed E-state index contributed by atoms with van der Waals surface area (Å²) in [5.41, 5.74) is 8.72. The molecule has 2 fully saturated rings. The summed E-state index contributed by atoms with van der Waals surface area (Å²) in [6.07, 6.45) is 5.64. The Labute approximate surface area is 141 Å². The molecule has 0 radical (unpaired) electrons. The summed E-state index contributed by atoms with van der Waals surface area (Å²) in [6.45, 7) is 4.84. The summed E-state index contributed by atoms with van der Waals surface area (Å²) in [5.74, 6) is 1.22. The first-order valence-corrected chi connectivity index (χ1v) is 8.78. The van der Waals surface area contributed by atoms with E-state index in [2.05, 4.69) is 20.0 Å². The van der Waals surface area contributed by atoms with Crippen LogP contribution in [0.1, 0.15) is 44.0 Å². The molecule has 4 rings (SSSR count). The Morgan fingerprint density at radius 3 is 2.71 bits per heavy atom. The fraction of sp³-hybridized carbons (Fsp3) is 0.588. The molecule has 2 N–H and O–H groups in total. The second-order valence-electron chi connectivity index (χ2n) is 6.60. The number of hydrogen-bond donors (Lipinski definition) is 1. The monoisotopic (exact) mass is 328 g/mol. The van der Waals surface area contributed by atoms with Gasteiger partial charge < -0.3 is 15.4 Å². The van der Waals surface area contributed by atoms with Gasteiger partial charge in [0.15, 0.2) is 6.23 Å². The van der Waals surface area contributed by atoms with Gasteiger partial charge in [0, 0.05) is 25.8 Å². The van der Waals surface area contributed by atoms with Crippen molar-refractivity contribution in [3.63, 3.8) is 0 Å². The number of aryl methyl sites for hydroxylation is 1. The molecule has 0 bridgehead atoms. The van der Waals surface area contributed by atoms with Gasteiger partial charge in [-0.05, 0) is 45.1 Å².